The van der Waals surface area contributed by atoms with Crippen molar-refractivity contribution < 1.29 is 14.4 Å². The molecular weight excluding hydrogens is 685 g/mol. The molecule has 0 bridgehead atoms. The maximum Gasteiger partial charge on any atom is 0.245 e. The molecule has 0 aliphatic rings. The van der Waals surface area contributed by atoms with Gasteiger partial charge in [-0.1, -0.05) is 89.9 Å². The molecule has 0 unspecified atom stereocenters. The Hall–Kier alpha value is -4.65. The molecule has 3 aromatic carbocycles. The molecule has 0 saturated carbocycles. The minimum atomic E-state index is -1.04. The fraction of sp³-hybridized carbons (Fsp3) is 0.211. The number of nitrogens with zero attached hydrogens (tertiary/aromatic N) is 6. The number of thioether (sulfide) groups is 3. The summed E-state index contributed by atoms with van der Waals surface area (Å²) in [7, 11) is 0. The second-order valence-electron chi connectivity index (χ2n) is 11.8. The van der Waals surface area contributed by atoms with Gasteiger partial charge in [0, 0.05) is 80.2 Å². The van der Waals surface area contributed by atoms with Gasteiger partial charge in [0.15, 0.2) is 15.3 Å². The third-order valence-electron chi connectivity index (χ3n) is 8.06. The van der Waals surface area contributed by atoms with Crippen molar-refractivity contribution >= 4 is 50.6 Å². The molecule has 50 heavy (non-hydrogen) atoms. The van der Waals surface area contributed by atoms with Crippen LogP contribution in [-0.2, 0) is 37.4 Å². The Balaban J connectivity index is 1.39. The van der Waals surface area contributed by atoms with Gasteiger partial charge in [-0.2, -0.15) is 15.3 Å². The van der Waals surface area contributed by atoms with E-state index in [4.69, 9.17) is 15.3 Å². The molecule has 0 atom stereocenters. The lowest BCUT2D eigenvalue weighted by Gasteiger charge is -2.31. The highest BCUT2D eigenvalue weighted by molar-refractivity contribution is 8.13. The molecule has 6 aromatic rings. The minimum absolute atomic E-state index is 0.0796. The van der Waals surface area contributed by atoms with E-state index in [1.54, 1.807) is 20.8 Å². The summed E-state index contributed by atoms with van der Waals surface area (Å²) in [6, 6.07) is 30.1. The van der Waals surface area contributed by atoms with Gasteiger partial charge in [-0.25, -0.2) is 14.0 Å². The summed E-state index contributed by atoms with van der Waals surface area (Å²) in [6.07, 6.45) is 5.77. The van der Waals surface area contributed by atoms with Crippen LogP contribution in [0, 0.1) is 0 Å². The summed E-state index contributed by atoms with van der Waals surface area (Å²) in [5.41, 5.74) is 8.27. The summed E-state index contributed by atoms with van der Waals surface area (Å²) in [5.74, 6) is 0.742. The van der Waals surface area contributed by atoms with Crippen LogP contribution in [0.2, 0.25) is 0 Å². The summed E-state index contributed by atoms with van der Waals surface area (Å²) in [4.78, 5) is 34.8. The average molecular weight is 721 g/mol. The number of aromatic nitrogens is 6. The Labute approximate surface area is 303 Å². The molecule has 3 aromatic heterocycles. The molecule has 0 aliphatic heterocycles. The maximum atomic E-state index is 11.6. The number of carbonyl (C=O) groups excluding carboxylic acids is 3. The molecule has 6 rings (SSSR count). The van der Waals surface area contributed by atoms with Crippen molar-refractivity contribution in [3.05, 3.63) is 126 Å². The summed E-state index contributed by atoms with van der Waals surface area (Å²) in [6.45, 7) is 6.74. The van der Waals surface area contributed by atoms with Crippen molar-refractivity contribution in [1.29, 1.82) is 0 Å². The van der Waals surface area contributed by atoms with Crippen LogP contribution in [0.3, 0.4) is 0 Å². The predicted octanol–water partition coefficient (Wildman–Crippen LogP) is 8.34. The first-order valence-electron chi connectivity index (χ1n) is 15.9. The number of benzene rings is 3. The average Bonchev–Trinajstić information content (AvgIpc) is 3.91. The lowest BCUT2D eigenvalue weighted by atomic mass is 10.1. The smallest absolute Gasteiger partial charge is 0.245 e. The fourth-order valence-electron chi connectivity index (χ4n) is 5.47. The third-order valence-corrected chi connectivity index (χ3v) is 10.7. The van der Waals surface area contributed by atoms with E-state index in [-0.39, 0.29) is 15.3 Å². The lowest BCUT2D eigenvalue weighted by molar-refractivity contribution is -0.109. The number of rotatable bonds is 12. The highest BCUT2D eigenvalue weighted by atomic mass is 32.2. The zero-order chi connectivity index (χ0) is 35.3. The molecule has 0 saturated heterocycles. The molecule has 9 nitrogen and oxygen atoms in total. The van der Waals surface area contributed by atoms with Crippen LogP contribution in [-0.4, -0.2) is 44.7 Å². The van der Waals surface area contributed by atoms with Gasteiger partial charge in [-0.3, -0.25) is 14.4 Å². The molecule has 0 amide bonds. The lowest BCUT2D eigenvalue weighted by Crippen LogP contribution is -2.46. The highest BCUT2D eigenvalue weighted by Crippen LogP contribution is 2.30. The predicted molar refractivity (Wildman–Crippen MR) is 203 cm³/mol. The van der Waals surface area contributed by atoms with Crippen LogP contribution in [0.25, 0.3) is 33.8 Å². The van der Waals surface area contributed by atoms with Crippen molar-refractivity contribution in [1.82, 2.24) is 29.3 Å². The van der Waals surface area contributed by atoms with Gasteiger partial charge in [0.1, 0.15) is 0 Å². The van der Waals surface area contributed by atoms with Gasteiger partial charge < -0.3 is 0 Å². The number of hydrogen-bond acceptors (Lipinski definition) is 9. The SMILES string of the molecule is CC(=O)SCc1cccc(-c2ccn(C(C)(n3ccc(-c4cccc(CSC(C)=O)c4)n3)n3ccc(-c4cccc(CSC(C)=O)c4)n3)n2)c1. The molecule has 0 spiro atoms. The zero-order valence-electron chi connectivity index (χ0n) is 28.1. The highest BCUT2D eigenvalue weighted by Gasteiger charge is 2.34. The molecule has 0 aliphatic carbocycles. The standard InChI is InChI=1S/C38H36N6O3S3/c1-26(45)48-23-29-8-5-11-32(20-29)35-14-17-42(39-35)38(4,43-18-15-36(40-43)33-12-6-9-30(21-33)24-49-27(2)46)44-19-16-37(41-44)34-13-7-10-31(22-34)25-50-28(3)47/h5-22H,23-25H2,1-4H3. The van der Waals surface area contributed by atoms with E-state index in [0.717, 1.165) is 50.5 Å². The number of carbonyl (C=O) groups is 3. The van der Waals surface area contributed by atoms with E-state index in [1.165, 1.54) is 35.3 Å². The largest absolute Gasteiger partial charge is 0.288 e. The van der Waals surface area contributed by atoms with Crippen LogP contribution in [0.4, 0.5) is 0 Å². The van der Waals surface area contributed by atoms with Crippen molar-refractivity contribution in [2.24, 2.45) is 0 Å². The third kappa shape index (κ3) is 8.20. The number of hydrogen-bond donors (Lipinski definition) is 0. The first-order valence-corrected chi connectivity index (χ1v) is 18.9. The Bertz CT molecular complexity index is 1930. The molecule has 0 fully saturated rings. The van der Waals surface area contributed by atoms with Crippen LogP contribution in [0.5, 0.6) is 0 Å². The molecule has 0 N–H and O–H groups in total. The molecule has 12 heteroatoms. The Morgan fingerprint density at radius 2 is 0.820 bits per heavy atom. The van der Waals surface area contributed by atoms with E-state index in [0.29, 0.717) is 17.3 Å². The van der Waals surface area contributed by atoms with E-state index in [1.807, 2.05) is 112 Å². The van der Waals surface area contributed by atoms with Gasteiger partial charge in [0.05, 0.1) is 17.1 Å². The quantitative estimate of drug-likeness (QED) is 0.123. The van der Waals surface area contributed by atoms with E-state index in [2.05, 4.69) is 18.2 Å². The van der Waals surface area contributed by atoms with E-state index in [9.17, 15) is 14.4 Å². The van der Waals surface area contributed by atoms with Gasteiger partial charge >= 0.3 is 0 Å². The molecule has 0 radical (unpaired) electrons. The zero-order valence-corrected chi connectivity index (χ0v) is 30.6. The van der Waals surface area contributed by atoms with Crippen molar-refractivity contribution in [3.63, 3.8) is 0 Å². The van der Waals surface area contributed by atoms with Gasteiger partial charge in [0.25, 0.3) is 0 Å². The van der Waals surface area contributed by atoms with Gasteiger partial charge in [-0.15, -0.1) is 0 Å². The second kappa shape index (κ2) is 15.5. The minimum Gasteiger partial charge on any atom is -0.288 e. The monoisotopic (exact) mass is 720 g/mol. The van der Waals surface area contributed by atoms with Crippen molar-refractivity contribution in [2.75, 3.05) is 0 Å². The summed E-state index contributed by atoms with van der Waals surface area (Å²) < 4.78 is 5.56. The first-order chi connectivity index (χ1) is 24.1. The second-order valence-corrected chi connectivity index (χ2v) is 15.3. The summed E-state index contributed by atoms with van der Waals surface area (Å²) in [5, 5.41) is 15.4. The topological polar surface area (TPSA) is 105 Å². The normalized spacial score (nSPS) is 11.5. The van der Waals surface area contributed by atoms with Gasteiger partial charge in [0.2, 0.25) is 5.79 Å². The van der Waals surface area contributed by atoms with Gasteiger partial charge in [-0.05, 0) is 53.1 Å². The molecular formula is C38H36N6O3S3. The van der Waals surface area contributed by atoms with E-state index >= 15 is 0 Å². The van der Waals surface area contributed by atoms with Crippen LogP contribution in [0.15, 0.2) is 110 Å². The Kier molecular flexibility index (Phi) is 10.9. The van der Waals surface area contributed by atoms with E-state index < -0.39 is 5.79 Å². The van der Waals surface area contributed by atoms with Crippen molar-refractivity contribution in [3.8, 4) is 33.8 Å². The van der Waals surface area contributed by atoms with Crippen LogP contribution < -0.4 is 0 Å². The van der Waals surface area contributed by atoms with Crippen molar-refractivity contribution in [2.45, 2.75) is 50.7 Å². The maximum absolute atomic E-state index is 11.6. The first kappa shape index (κ1) is 35.2. The molecule has 254 valence electrons. The Morgan fingerprint density at radius 1 is 0.520 bits per heavy atom. The summed E-state index contributed by atoms with van der Waals surface area (Å²) >= 11 is 3.85. The van der Waals surface area contributed by atoms with Crippen LogP contribution >= 0.6 is 35.3 Å². The van der Waals surface area contributed by atoms with Crippen LogP contribution in [0.1, 0.15) is 44.4 Å². The molecule has 3 heterocycles. The fourth-order valence-corrected chi connectivity index (χ4v) is 7.12. The Morgan fingerprint density at radius 3 is 1.10 bits per heavy atom.